The molecule has 0 saturated heterocycles. The van der Waals surface area contributed by atoms with Crippen molar-refractivity contribution in [1.82, 2.24) is 10.3 Å². The topological polar surface area (TPSA) is 28.2 Å². The Hall–Kier alpha value is -1.87. The number of nitrogens with one attached hydrogen (secondary N) is 1. The lowest BCUT2D eigenvalue weighted by atomic mass is 10.1. The molecule has 1 aromatic carbocycles. The fourth-order valence-electron chi connectivity index (χ4n) is 2.08. The molecule has 0 saturated carbocycles. The highest BCUT2D eigenvalue weighted by Crippen LogP contribution is 2.22. The Morgan fingerprint density at radius 3 is 2.25 bits per heavy atom. The molecule has 3 nitrogen and oxygen atoms in total. The third kappa shape index (κ3) is 3.58. The fraction of sp³-hybridized carbons (Fsp3) is 0.353. The van der Waals surface area contributed by atoms with Crippen LogP contribution in [-0.4, -0.2) is 18.6 Å². The van der Waals surface area contributed by atoms with E-state index in [9.17, 15) is 0 Å². The van der Waals surface area contributed by atoms with Gasteiger partial charge in [-0.15, -0.1) is 0 Å². The molecule has 0 bridgehead atoms. The van der Waals surface area contributed by atoms with Gasteiger partial charge in [-0.05, 0) is 42.3 Å². The molecular weight excluding hydrogens is 246 g/mol. The van der Waals surface area contributed by atoms with Crippen LogP contribution >= 0.6 is 0 Å². The van der Waals surface area contributed by atoms with Crippen LogP contribution in [0.25, 0.3) is 0 Å². The van der Waals surface area contributed by atoms with E-state index in [1.165, 1.54) is 11.1 Å². The maximum atomic E-state index is 4.54. The van der Waals surface area contributed by atoms with Crippen molar-refractivity contribution in [2.24, 2.45) is 0 Å². The first-order chi connectivity index (χ1) is 9.74. The maximum Gasteiger partial charge on any atom is 0.132 e. The lowest BCUT2D eigenvalue weighted by Crippen LogP contribution is -2.14. The Kier molecular flexibility index (Phi) is 5.13. The molecule has 0 atom stereocenters. The highest BCUT2D eigenvalue weighted by molar-refractivity contribution is 5.59. The molecule has 0 spiro atoms. The molecule has 0 aliphatic rings. The molecule has 3 heteroatoms. The number of anilines is 2. The number of hydrogen-bond acceptors (Lipinski definition) is 3. The predicted molar refractivity (Wildman–Crippen MR) is 85.5 cm³/mol. The van der Waals surface area contributed by atoms with E-state index in [0.29, 0.717) is 0 Å². The van der Waals surface area contributed by atoms with E-state index >= 15 is 0 Å². The predicted octanol–water partition coefficient (Wildman–Crippen LogP) is 3.52. The van der Waals surface area contributed by atoms with Gasteiger partial charge in [0, 0.05) is 25.5 Å². The zero-order chi connectivity index (χ0) is 14.4. The average Bonchev–Trinajstić information content (AvgIpc) is 2.53. The maximum absolute atomic E-state index is 4.54. The van der Waals surface area contributed by atoms with Gasteiger partial charge in [0.25, 0.3) is 0 Å². The second-order valence-electron chi connectivity index (χ2n) is 4.88. The highest BCUT2D eigenvalue weighted by Gasteiger charge is 2.05. The minimum atomic E-state index is 0.874. The highest BCUT2D eigenvalue weighted by atomic mass is 15.2. The van der Waals surface area contributed by atoms with E-state index in [2.05, 4.69) is 65.4 Å². The summed E-state index contributed by atoms with van der Waals surface area (Å²) in [5, 5.41) is 3.30. The van der Waals surface area contributed by atoms with Crippen LogP contribution in [0.1, 0.15) is 25.0 Å². The minimum Gasteiger partial charge on any atom is -0.329 e. The van der Waals surface area contributed by atoms with E-state index in [4.69, 9.17) is 0 Å². The van der Waals surface area contributed by atoms with Gasteiger partial charge in [0.15, 0.2) is 0 Å². The van der Waals surface area contributed by atoms with Crippen molar-refractivity contribution < 1.29 is 0 Å². The fourth-order valence-corrected chi connectivity index (χ4v) is 2.08. The van der Waals surface area contributed by atoms with Crippen LogP contribution in [0.15, 0.2) is 42.6 Å². The number of nitrogens with zero attached hydrogens (tertiary/aromatic N) is 2. The van der Waals surface area contributed by atoms with Gasteiger partial charge in [0.05, 0.1) is 0 Å². The smallest absolute Gasteiger partial charge is 0.132 e. The molecule has 0 aliphatic carbocycles. The van der Waals surface area contributed by atoms with Gasteiger partial charge >= 0.3 is 0 Å². The first-order valence-corrected chi connectivity index (χ1v) is 7.23. The van der Waals surface area contributed by atoms with E-state index in [-0.39, 0.29) is 0 Å². The van der Waals surface area contributed by atoms with Gasteiger partial charge in [-0.1, -0.05) is 32.0 Å². The van der Waals surface area contributed by atoms with Gasteiger partial charge in [0.1, 0.15) is 5.82 Å². The Balaban J connectivity index is 2.09. The van der Waals surface area contributed by atoms with Crippen LogP contribution in [-0.2, 0) is 13.0 Å². The Morgan fingerprint density at radius 1 is 1.00 bits per heavy atom. The summed E-state index contributed by atoms with van der Waals surface area (Å²) >= 11 is 0. The summed E-state index contributed by atoms with van der Waals surface area (Å²) < 4.78 is 0. The van der Waals surface area contributed by atoms with Gasteiger partial charge in [-0.3, -0.25) is 0 Å². The van der Waals surface area contributed by atoms with E-state index in [0.717, 1.165) is 31.0 Å². The molecule has 2 rings (SSSR count). The summed E-state index contributed by atoms with van der Waals surface area (Å²) in [5.74, 6) is 0.967. The van der Waals surface area contributed by atoms with Crippen LogP contribution in [0.3, 0.4) is 0 Å². The Morgan fingerprint density at radius 2 is 1.70 bits per heavy atom. The number of rotatable bonds is 6. The molecule has 1 N–H and O–H groups in total. The van der Waals surface area contributed by atoms with Crippen molar-refractivity contribution >= 4 is 11.5 Å². The minimum absolute atomic E-state index is 0.874. The lowest BCUT2D eigenvalue weighted by molar-refractivity contribution is 0.724. The van der Waals surface area contributed by atoms with Gasteiger partial charge in [-0.25, -0.2) is 4.98 Å². The summed E-state index contributed by atoms with van der Waals surface area (Å²) in [7, 11) is 2.05. The van der Waals surface area contributed by atoms with Crippen molar-refractivity contribution in [3.05, 3.63) is 53.7 Å². The van der Waals surface area contributed by atoms with E-state index < -0.39 is 0 Å². The number of pyridine rings is 1. The molecular formula is C17H23N3. The lowest BCUT2D eigenvalue weighted by Gasteiger charge is -2.19. The first-order valence-electron chi connectivity index (χ1n) is 7.23. The van der Waals surface area contributed by atoms with E-state index in [1.54, 1.807) is 0 Å². The SMILES string of the molecule is CCNCc1ccc(N(C)c2ccc(CC)cc2)nc1. The average molecular weight is 269 g/mol. The Bertz CT molecular complexity index is 517. The van der Waals surface area contributed by atoms with Gasteiger partial charge < -0.3 is 10.2 Å². The largest absolute Gasteiger partial charge is 0.329 e. The van der Waals surface area contributed by atoms with Gasteiger partial charge in [-0.2, -0.15) is 0 Å². The molecule has 0 amide bonds. The Labute approximate surface area is 121 Å². The van der Waals surface area contributed by atoms with Crippen molar-refractivity contribution in [2.75, 3.05) is 18.5 Å². The molecule has 2 aromatic rings. The van der Waals surface area contributed by atoms with Crippen LogP contribution in [0.5, 0.6) is 0 Å². The zero-order valence-electron chi connectivity index (χ0n) is 12.6. The molecule has 20 heavy (non-hydrogen) atoms. The van der Waals surface area contributed by atoms with Gasteiger partial charge in [0.2, 0.25) is 0 Å². The van der Waals surface area contributed by atoms with Crippen molar-refractivity contribution in [3.8, 4) is 0 Å². The second-order valence-corrected chi connectivity index (χ2v) is 4.88. The normalized spacial score (nSPS) is 10.6. The summed E-state index contributed by atoms with van der Waals surface area (Å²) in [4.78, 5) is 6.64. The van der Waals surface area contributed by atoms with Crippen LogP contribution in [0.4, 0.5) is 11.5 Å². The molecule has 0 aliphatic heterocycles. The molecule has 106 valence electrons. The summed E-state index contributed by atoms with van der Waals surface area (Å²) in [6.07, 6.45) is 3.01. The van der Waals surface area contributed by atoms with Crippen LogP contribution in [0, 0.1) is 0 Å². The first kappa shape index (κ1) is 14.5. The summed E-state index contributed by atoms with van der Waals surface area (Å²) in [6, 6.07) is 12.8. The van der Waals surface area contributed by atoms with Crippen LogP contribution in [0.2, 0.25) is 0 Å². The molecule has 0 radical (unpaired) electrons. The van der Waals surface area contributed by atoms with Crippen molar-refractivity contribution in [2.45, 2.75) is 26.8 Å². The standard InChI is InChI=1S/C17H23N3/c1-4-14-6-9-16(10-7-14)20(3)17-11-8-15(13-19-17)12-18-5-2/h6-11,13,18H,4-5,12H2,1-3H3. The van der Waals surface area contributed by atoms with Crippen molar-refractivity contribution in [3.63, 3.8) is 0 Å². The number of benzene rings is 1. The molecule has 0 fully saturated rings. The molecule has 1 aromatic heterocycles. The number of hydrogen-bond donors (Lipinski definition) is 1. The molecule has 1 heterocycles. The summed E-state index contributed by atoms with van der Waals surface area (Å²) in [6.45, 7) is 6.13. The molecule has 0 unspecified atom stereocenters. The monoisotopic (exact) mass is 269 g/mol. The second kappa shape index (κ2) is 7.06. The summed E-state index contributed by atoms with van der Waals surface area (Å²) in [5.41, 5.74) is 3.73. The van der Waals surface area contributed by atoms with Crippen molar-refractivity contribution in [1.29, 1.82) is 0 Å². The number of aryl methyl sites for hydroxylation is 1. The third-order valence-electron chi connectivity index (χ3n) is 3.46. The van der Waals surface area contributed by atoms with E-state index in [1.807, 2.05) is 13.2 Å². The number of aromatic nitrogens is 1. The van der Waals surface area contributed by atoms with Crippen LogP contribution < -0.4 is 10.2 Å². The zero-order valence-corrected chi connectivity index (χ0v) is 12.6. The third-order valence-corrected chi connectivity index (χ3v) is 3.46. The quantitative estimate of drug-likeness (QED) is 0.869.